The molecule has 3 aromatic carbocycles. The quantitative estimate of drug-likeness (QED) is 0.231. The number of carbonyl (C=O) groups excluding carboxylic acids is 2. The van der Waals surface area contributed by atoms with Crippen molar-refractivity contribution in [1.82, 2.24) is 19.9 Å². The largest absolute Gasteiger partial charge is 0.345 e. The van der Waals surface area contributed by atoms with E-state index in [1.54, 1.807) is 35.0 Å². The number of fused-ring (bicyclic) bond motifs is 1. The van der Waals surface area contributed by atoms with Crippen molar-refractivity contribution < 1.29 is 9.59 Å². The van der Waals surface area contributed by atoms with Crippen molar-refractivity contribution in [3.05, 3.63) is 119 Å². The maximum absolute atomic E-state index is 13.2. The molecule has 0 aliphatic heterocycles. The lowest BCUT2D eigenvalue weighted by Crippen LogP contribution is -2.26. The average Bonchev–Trinajstić information content (AvgIpc) is 3.32. The number of aryl methyl sites for hydroxylation is 2. The number of amides is 2. The van der Waals surface area contributed by atoms with Crippen LogP contribution in [0.15, 0.2) is 85.3 Å². The molecule has 5 rings (SSSR count). The van der Waals surface area contributed by atoms with Crippen molar-refractivity contribution >= 4 is 34.5 Å². The summed E-state index contributed by atoms with van der Waals surface area (Å²) >= 11 is 0. The summed E-state index contributed by atoms with van der Waals surface area (Å²) in [6, 6.07) is 22.1. The number of hydrogen-bond donors (Lipinski definition) is 3. The molecule has 2 amide bonds. The van der Waals surface area contributed by atoms with Gasteiger partial charge in [-0.05, 0) is 67.8 Å². The minimum atomic E-state index is -0.265. The van der Waals surface area contributed by atoms with E-state index in [9.17, 15) is 9.59 Å². The van der Waals surface area contributed by atoms with Crippen LogP contribution in [-0.2, 0) is 0 Å². The molecule has 0 saturated carbocycles. The zero-order chi connectivity index (χ0) is 28.2. The van der Waals surface area contributed by atoms with E-state index < -0.39 is 0 Å². The van der Waals surface area contributed by atoms with Gasteiger partial charge in [0, 0.05) is 28.7 Å². The van der Waals surface area contributed by atoms with E-state index in [1.807, 2.05) is 69.3 Å². The lowest BCUT2D eigenvalue weighted by Gasteiger charge is -2.14. The molecule has 0 radical (unpaired) electrons. The highest BCUT2D eigenvalue weighted by atomic mass is 16.2. The third kappa shape index (κ3) is 5.40. The van der Waals surface area contributed by atoms with E-state index in [2.05, 4.69) is 32.0 Å². The standard InChI is InChI=1S/C32H28N6O2/c1-5-23-10-9-13-25(16-23)31(39)36-26-15-14-20(2)28(17-26)37-30-29-21(3)27(18-38(29)34-19-33-30)32(40)35-22(4)24-11-7-6-8-12-24/h1,6-19,22H,2-4H3,(H,35,40)(H,36,39)(H,33,34,37)/t22-/m0/s1. The van der Waals surface area contributed by atoms with Crippen molar-refractivity contribution in [3.8, 4) is 12.3 Å². The van der Waals surface area contributed by atoms with Crippen molar-refractivity contribution in [3.63, 3.8) is 0 Å². The molecule has 0 fully saturated rings. The Morgan fingerprint density at radius 3 is 2.55 bits per heavy atom. The zero-order valence-electron chi connectivity index (χ0n) is 22.4. The van der Waals surface area contributed by atoms with Gasteiger partial charge in [-0.1, -0.05) is 48.4 Å². The number of nitrogens with one attached hydrogen (secondary N) is 3. The molecule has 0 aliphatic carbocycles. The summed E-state index contributed by atoms with van der Waals surface area (Å²) in [6.45, 7) is 5.78. The highest BCUT2D eigenvalue weighted by Crippen LogP contribution is 2.29. The lowest BCUT2D eigenvalue weighted by molar-refractivity contribution is 0.0938. The second kappa shape index (κ2) is 11.1. The summed E-state index contributed by atoms with van der Waals surface area (Å²) in [6.07, 6.45) is 8.61. The molecule has 5 aromatic rings. The summed E-state index contributed by atoms with van der Waals surface area (Å²) in [7, 11) is 0. The molecule has 1 atom stereocenters. The van der Waals surface area contributed by atoms with Gasteiger partial charge in [-0.2, -0.15) is 5.10 Å². The molecule has 8 nitrogen and oxygen atoms in total. The average molecular weight is 529 g/mol. The van der Waals surface area contributed by atoms with Gasteiger partial charge in [0.15, 0.2) is 5.82 Å². The fourth-order valence-corrected chi connectivity index (χ4v) is 4.50. The Bertz CT molecular complexity index is 1770. The van der Waals surface area contributed by atoms with Crippen molar-refractivity contribution in [2.24, 2.45) is 0 Å². The van der Waals surface area contributed by atoms with Crippen LogP contribution in [-0.4, -0.2) is 26.4 Å². The summed E-state index contributed by atoms with van der Waals surface area (Å²) in [5.74, 6) is 2.62. The molecule has 0 saturated heterocycles. The molecule has 0 spiro atoms. The molecule has 0 bridgehead atoms. The van der Waals surface area contributed by atoms with Crippen LogP contribution in [0.4, 0.5) is 17.2 Å². The van der Waals surface area contributed by atoms with Gasteiger partial charge in [0.25, 0.3) is 11.8 Å². The van der Waals surface area contributed by atoms with Gasteiger partial charge in [-0.15, -0.1) is 6.42 Å². The van der Waals surface area contributed by atoms with Gasteiger partial charge in [-0.25, -0.2) is 9.50 Å². The smallest absolute Gasteiger partial charge is 0.255 e. The Morgan fingerprint density at radius 2 is 1.77 bits per heavy atom. The Morgan fingerprint density at radius 1 is 0.975 bits per heavy atom. The molecule has 3 N–H and O–H groups in total. The van der Waals surface area contributed by atoms with Gasteiger partial charge >= 0.3 is 0 Å². The molecule has 40 heavy (non-hydrogen) atoms. The predicted molar refractivity (Wildman–Crippen MR) is 157 cm³/mol. The van der Waals surface area contributed by atoms with Crippen LogP contribution in [0.5, 0.6) is 0 Å². The SMILES string of the molecule is C#Cc1cccc(C(=O)Nc2ccc(C)c(Nc3ncnn4cc(C(=O)N[C@@H](C)c5ccccc5)c(C)c34)c2)c1. The molecule has 8 heteroatoms. The van der Waals surface area contributed by atoms with Gasteiger partial charge in [0.2, 0.25) is 0 Å². The van der Waals surface area contributed by atoms with E-state index in [0.717, 1.165) is 22.4 Å². The van der Waals surface area contributed by atoms with Crippen LogP contribution in [0, 0.1) is 26.2 Å². The highest BCUT2D eigenvalue weighted by molar-refractivity contribution is 6.05. The van der Waals surface area contributed by atoms with E-state index in [1.165, 1.54) is 6.33 Å². The Kier molecular flexibility index (Phi) is 7.29. The summed E-state index contributed by atoms with van der Waals surface area (Å²) in [5, 5.41) is 13.7. The first kappa shape index (κ1) is 26.2. The number of hydrogen-bond acceptors (Lipinski definition) is 5. The molecule has 2 aromatic heterocycles. The van der Waals surface area contributed by atoms with Crippen LogP contribution < -0.4 is 16.0 Å². The first-order valence-electron chi connectivity index (χ1n) is 12.8. The maximum Gasteiger partial charge on any atom is 0.255 e. The third-order valence-corrected chi connectivity index (χ3v) is 6.76. The monoisotopic (exact) mass is 528 g/mol. The topological polar surface area (TPSA) is 100 Å². The van der Waals surface area contributed by atoms with E-state index in [0.29, 0.717) is 33.7 Å². The summed E-state index contributed by atoms with van der Waals surface area (Å²) in [4.78, 5) is 30.5. The molecular formula is C32H28N6O2. The third-order valence-electron chi connectivity index (χ3n) is 6.76. The van der Waals surface area contributed by atoms with E-state index in [4.69, 9.17) is 6.42 Å². The molecule has 0 aliphatic rings. The van der Waals surface area contributed by atoms with Crippen molar-refractivity contribution in [1.29, 1.82) is 0 Å². The zero-order valence-corrected chi connectivity index (χ0v) is 22.4. The van der Waals surface area contributed by atoms with Gasteiger partial charge in [-0.3, -0.25) is 9.59 Å². The van der Waals surface area contributed by atoms with Crippen LogP contribution in [0.1, 0.15) is 55.9 Å². The minimum absolute atomic E-state index is 0.158. The minimum Gasteiger partial charge on any atom is -0.345 e. The lowest BCUT2D eigenvalue weighted by atomic mass is 10.1. The van der Waals surface area contributed by atoms with E-state index in [-0.39, 0.29) is 17.9 Å². The second-order valence-electron chi connectivity index (χ2n) is 9.51. The second-order valence-corrected chi connectivity index (χ2v) is 9.51. The van der Waals surface area contributed by atoms with Gasteiger partial charge < -0.3 is 16.0 Å². The number of aromatic nitrogens is 3. The Hall–Kier alpha value is -5.42. The molecule has 0 unspecified atom stereocenters. The predicted octanol–water partition coefficient (Wildman–Crippen LogP) is 5.81. The number of anilines is 3. The summed E-state index contributed by atoms with van der Waals surface area (Å²) in [5.41, 5.74) is 6.37. The van der Waals surface area contributed by atoms with Crippen molar-refractivity contribution in [2.75, 3.05) is 10.6 Å². The van der Waals surface area contributed by atoms with Gasteiger partial charge in [0.05, 0.1) is 11.6 Å². The summed E-state index contributed by atoms with van der Waals surface area (Å²) < 4.78 is 1.65. The number of nitrogens with zero attached hydrogens (tertiary/aromatic N) is 3. The highest BCUT2D eigenvalue weighted by Gasteiger charge is 2.20. The Balaban J connectivity index is 1.39. The maximum atomic E-state index is 13.2. The van der Waals surface area contributed by atoms with E-state index >= 15 is 0 Å². The Labute approximate surface area is 232 Å². The number of carbonyl (C=O) groups is 2. The fraction of sp³-hybridized carbons (Fsp3) is 0.125. The number of rotatable bonds is 7. The van der Waals surface area contributed by atoms with Crippen LogP contribution >= 0.6 is 0 Å². The van der Waals surface area contributed by atoms with Crippen molar-refractivity contribution in [2.45, 2.75) is 26.8 Å². The van der Waals surface area contributed by atoms with Gasteiger partial charge in [0.1, 0.15) is 11.8 Å². The number of terminal acetylenes is 1. The first-order valence-corrected chi connectivity index (χ1v) is 12.8. The molecule has 2 heterocycles. The fourth-order valence-electron chi connectivity index (χ4n) is 4.50. The molecular weight excluding hydrogens is 500 g/mol. The van der Waals surface area contributed by atoms with Crippen LogP contribution in [0.2, 0.25) is 0 Å². The van der Waals surface area contributed by atoms with Crippen LogP contribution in [0.25, 0.3) is 5.52 Å². The van der Waals surface area contributed by atoms with Crippen LogP contribution in [0.3, 0.4) is 0 Å². The number of benzene rings is 3. The first-order chi connectivity index (χ1) is 19.3. The normalized spacial score (nSPS) is 11.4. The molecule has 198 valence electrons.